The highest BCUT2D eigenvalue weighted by Gasteiger charge is 2.23. The van der Waals surface area contributed by atoms with E-state index in [0.29, 0.717) is 11.4 Å². The van der Waals surface area contributed by atoms with Crippen molar-refractivity contribution in [2.24, 2.45) is 5.92 Å². The Hall–Kier alpha value is -1.65. The van der Waals surface area contributed by atoms with Crippen LogP contribution in [-0.2, 0) is 0 Å². The van der Waals surface area contributed by atoms with Crippen LogP contribution in [0.5, 0.6) is 0 Å². The van der Waals surface area contributed by atoms with Gasteiger partial charge < -0.3 is 10.3 Å². The molecule has 0 bridgehead atoms. The molecule has 20 heavy (non-hydrogen) atoms. The van der Waals surface area contributed by atoms with E-state index in [4.69, 9.17) is 5.73 Å². The van der Waals surface area contributed by atoms with Crippen molar-refractivity contribution in [3.05, 3.63) is 23.8 Å². The maximum atomic E-state index is 13.8. The Morgan fingerprint density at radius 2 is 2.00 bits per heavy atom. The largest absolute Gasteiger partial charge is 0.369 e. The molecule has 1 aromatic heterocycles. The molecule has 1 aliphatic rings. The number of nitrogen functional groups attached to an aromatic ring is 1. The Morgan fingerprint density at radius 1 is 1.20 bits per heavy atom. The van der Waals surface area contributed by atoms with Gasteiger partial charge in [0.25, 0.3) is 0 Å². The van der Waals surface area contributed by atoms with Crippen LogP contribution < -0.4 is 5.73 Å². The van der Waals surface area contributed by atoms with Crippen molar-refractivity contribution in [1.82, 2.24) is 9.55 Å². The van der Waals surface area contributed by atoms with Crippen molar-refractivity contribution in [3.8, 4) is 0 Å². The lowest BCUT2D eigenvalue weighted by molar-refractivity contribution is 0.445. The van der Waals surface area contributed by atoms with Gasteiger partial charge in [-0.05, 0) is 25.2 Å². The molecule has 1 aliphatic carbocycles. The van der Waals surface area contributed by atoms with Crippen molar-refractivity contribution in [3.63, 3.8) is 0 Å². The highest BCUT2D eigenvalue weighted by molar-refractivity contribution is 5.79. The summed E-state index contributed by atoms with van der Waals surface area (Å²) in [6.45, 7) is 2.25. The second-order valence-electron chi connectivity index (χ2n) is 5.86. The fourth-order valence-corrected chi connectivity index (χ4v) is 3.25. The summed E-state index contributed by atoms with van der Waals surface area (Å²) in [6, 6.07) is 2.37. The molecular formula is C15H19F2N3. The van der Waals surface area contributed by atoms with Gasteiger partial charge in [0.1, 0.15) is 11.3 Å². The minimum atomic E-state index is -0.646. The monoisotopic (exact) mass is 279 g/mol. The molecule has 0 amide bonds. The normalized spacial score (nSPS) is 23.9. The molecule has 1 fully saturated rings. The average molecular weight is 279 g/mol. The van der Waals surface area contributed by atoms with Crippen LogP contribution in [0.3, 0.4) is 0 Å². The minimum Gasteiger partial charge on any atom is -0.369 e. The Morgan fingerprint density at radius 3 is 2.80 bits per heavy atom. The number of hydrogen-bond donors (Lipinski definition) is 1. The quantitative estimate of drug-likeness (QED) is 0.801. The summed E-state index contributed by atoms with van der Waals surface area (Å²) in [4.78, 5) is 4.08. The Labute approximate surface area is 116 Å². The minimum absolute atomic E-state index is 0.168. The summed E-state index contributed by atoms with van der Waals surface area (Å²) in [7, 11) is 0. The van der Waals surface area contributed by atoms with E-state index in [1.165, 1.54) is 12.5 Å². The number of nitrogens with zero attached hydrogens (tertiary/aromatic N) is 2. The van der Waals surface area contributed by atoms with E-state index in [0.717, 1.165) is 31.7 Å². The maximum Gasteiger partial charge on any atom is 0.201 e. The number of rotatable bonds is 1. The summed E-state index contributed by atoms with van der Waals surface area (Å²) >= 11 is 0. The summed E-state index contributed by atoms with van der Waals surface area (Å²) in [5.41, 5.74) is 6.59. The molecule has 3 rings (SSSR count). The first-order valence-corrected chi connectivity index (χ1v) is 7.18. The number of imidazole rings is 1. The van der Waals surface area contributed by atoms with Crippen LogP contribution in [0.1, 0.15) is 45.1 Å². The van der Waals surface area contributed by atoms with Crippen LogP contribution >= 0.6 is 0 Å². The molecule has 0 saturated heterocycles. The molecule has 0 radical (unpaired) electrons. The number of nitrogens with two attached hydrogens (primary N) is 1. The molecule has 0 spiro atoms. The van der Waals surface area contributed by atoms with Gasteiger partial charge in [-0.1, -0.05) is 19.8 Å². The van der Waals surface area contributed by atoms with Gasteiger partial charge in [0, 0.05) is 18.2 Å². The predicted octanol–water partition coefficient (Wildman–Crippen LogP) is 4.04. The highest BCUT2D eigenvalue weighted by Crippen LogP contribution is 2.35. The smallest absolute Gasteiger partial charge is 0.201 e. The van der Waals surface area contributed by atoms with Crippen molar-refractivity contribution >= 4 is 17.0 Å². The van der Waals surface area contributed by atoms with E-state index in [1.807, 2.05) is 4.57 Å². The predicted molar refractivity (Wildman–Crippen MR) is 75.3 cm³/mol. The number of aromatic nitrogens is 2. The van der Waals surface area contributed by atoms with E-state index >= 15 is 0 Å². The topological polar surface area (TPSA) is 43.8 Å². The lowest BCUT2D eigenvalue weighted by Crippen LogP contribution is -2.11. The van der Waals surface area contributed by atoms with Crippen molar-refractivity contribution in [2.75, 3.05) is 5.73 Å². The summed E-state index contributed by atoms with van der Waals surface area (Å²) in [5.74, 6) is -0.251. The van der Waals surface area contributed by atoms with E-state index in [-0.39, 0.29) is 17.5 Å². The maximum absolute atomic E-state index is 13.8. The number of anilines is 1. The van der Waals surface area contributed by atoms with Gasteiger partial charge >= 0.3 is 0 Å². The second-order valence-corrected chi connectivity index (χ2v) is 5.86. The fraction of sp³-hybridized carbons (Fsp3) is 0.533. The first-order valence-electron chi connectivity index (χ1n) is 7.18. The molecule has 2 aromatic rings. The Balaban J connectivity index is 2.08. The molecule has 2 atom stereocenters. The third-order valence-corrected chi connectivity index (χ3v) is 4.33. The molecule has 1 saturated carbocycles. The highest BCUT2D eigenvalue weighted by atomic mass is 19.1. The molecule has 1 aromatic carbocycles. The molecule has 1 heterocycles. The average Bonchev–Trinajstić information content (AvgIpc) is 2.56. The summed E-state index contributed by atoms with van der Waals surface area (Å²) in [5, 5.41) is 0. The van der Waals surface area contributed by atoms with E-state index in [9.17, 15) is 8.78 Å². The van der Waals surface area contributed by atoms with Gasteiger partial charge in [-0.3, -0.25) is 0 Å². The number of benzene rings is 1. The third kappa shape index (κ3) is 2.25. The van der Waals surface area contributed by atoms with Gasteiger partial charge in [0.2, 0.25) is 5.95 Å². The van der Waals surface area contributed by atoms with Crippen molar-refractivity contribution < 1.29 is 8.78 Å². The summed E-state index contributed by atoms with van der Waals surface area (Å²) < 4.78 is 29.1. The van der Waals surface area contributed by atoms with E-state index in [1.54, 1.807) is 0 Å². The third-order valence-electron chi connectivity index (χ3n) is 4.33. The zero-order valence-electron chi connectivity index (χ0n) is 11.6. The molecule has 3 nitrogen and oxygen atoms in total. The standard InChI is InChI=1S/C15H19F2N3/c1-9-3-2-4-11(6-5-9)20-13-8-10(16)7-12(17)14(13)19-15(20)18/h7-9,11H,2-6H2,1H3,(H2,18,19). The van der Waals surface area contributed by atoms with Crippen molar-refractivity contribution in [1.29, 1.82) is 0 Å². The first kappa shape index (κ1) is 13.3. The Kier molecular flexibility index (Phi) is 3.36. The van der Waals surface area contributed by atoms with Crippen LogP contribution in [0, 0.1) is 17.6 Å². The fourth-order valence-electron chi connectivity index (χ4n) is 3.25. The number of hydrogen-bond acceptors (Lipinski definition) is 2. The summed E-state index contributed by atoms with van der Waals surface area (Å²) in [6.07, 6.45) is 5.39. The van der Waals surface area contributed by atoms with Gasteiger partial charge in [-0.25, -0.2) is 13.8 Å². The lowest BCUT2D eigenvalue weighted by atomic mass is 10.0. The molecule has 0 aliphatic heterocycles. The van der Waals surface area contributed by atoms with Gasteiger partial charge in [0.15, 0.2) is 5.82 Å². The Bertz CT molecular complexity index is 636. The van der Waals surface area contributed by atoms with Crippen LogP contribution in [0.2, 0.25) is 0 Å². The van der Waals surface area contributed by atoms with Gasteiger partial charge in [-0.15, -0.1) is 0 Å². The zero-order chi connectivity index (χ0) is 14.3. The van der Waals surface area contributed by atoms with Crippen LogP contribution in [0.4, 0.5) is 14.7 Å². The van der Waals surface area contributed by atoms with Gasteiger partial charge in [0.05, 0.1) is 5.52 Å². The van der Waals surface area contributed by atoms with E-state index in [2.05, 4.69) is 11.9 Å². The second kappa shape index (κ2) is 5.04. The zero-order valence-corrected chi connectivity index (χ0v) is 11.6. The molecule has 108 valence electrons. The first-order chi connectivity index (χ1) is 9.56. The van der Waals surface area contributed by atoms with Crippen LogP contribution in [0.15, 0.2) is 12.1 Å². The number of fused-ring (bicyclic) bond motifs is 1. The lowest BCUT2D eigenvalue weighted by Gasteiger charge is -2.18. The molecule has 2 unspecified atom stereocenters. The van der Waals surface area contributed by atoms with Crippen LogP contribution in [-0.4, -0.2) is 9.55 Å². The SMILES string of the molecule is CC1CCCC(n2c(N)nc3c(F)cc(F)cc32)CC1. The van der Waals surface area contributed by atoms with Crippen molar-refractivity contribution in [2.45, 2.75) is 45.1 Å². The molecular weight excluding hydrogens is 260 g/mol. The van der Waals surface area contributed by atoms with Gasteiger partial charge in [-0.2, -0.15) is 0 Å². The van der Waals surface area contributed by atoms with E-state index < -0.39 is 11.6 Å². The number of halogens is 2. The molecule has 2 N–H and O–H groups in total. The molecule has 5 heteroatoms. The van der Waals surface area contributed by atoms with Crippen LogP contribution in [0.25, 0.3) is 11.0 Å².